The zero-order chi connectivity index (χ0) is 20.9. The minimum atomic E-state index is 0.0839. The molecular weight excluding hydrogens is 342 g/mol. The number of carbonyl (C=O) groups is 1. The molecule has 0 saturated heterocycles. The fourth-order valence-electron chi connectivity index (χ4n) is 4.19. The van der Waals surface area contributed by atoms with E-state index >= 15 is 0 Å². The highest BCUT2D eigenvalue weighted by Gasteiger charge is 2.25. The third kappa shape index (κ3) is 5.95. The van der Waals surface area contributed by atoms with Crippen molar-refractivity contribution in [3.8, 4) is 0 Å². The quantitative estimate of drug-likeness (QED) is 0.445. The van der Waals surface area contributed by atoms with Gasteiger partial charge in [0.1, 0.15) is 0 Å². The summed E-state index contributed by atoms with van der Waals surface area (Å²) in [4.78, 5) is 14.2. The largest absolute Gasteiger partial charge is 0.341 e. The van der Waals surface area contributed by atoms with E-state index in [1.165, 1.54) is 18.4 Å². The van der Waals surface area contributed by atoms with Crippen LogP contribution in [-0.2, 0) is 0 Å². The van der Waals surface area contributed by atoms with Crippen molar-refractivity contribution >= 4 is 11.5 Å². The van der Waals surface area contributed by atoms with E-state index in [9.17, 15) is 4.79 Å². The minimum Gasteiger partial charge on any atom is -0.341 e. The summed E-state index contributed by atoms with van der Waals surface area (Å²) in [5, 5.41) is 0. The van der Waals surface area contributed by atoms with Crippen LogP contribution in [-0.4, -0.2) is 11.8 Å². The number of para-hydroxylation sites is 1. The molecule has 0 fully saturated rings. The maximum Gasteiger partial charge on any atom is 0.161 e. The van der Waals surface area contributed by atoms with Crippen molar-refractivity contribution in [1.29, 1.82) is 0 Å². The molecule has 2 heteroatoms. The Kier molecular flexibility index (Phi) is 7.46. The number of benzene rings is 1. The maximum atomic E-state index is 12.1. The number of hydrogen-bond donors (Lipinski definition) is 0. The van der Waals surface area contributed by atoms with Gasteiger partial charge in [0.15, 0.2) is 5.78 Å². The molecule has 0 saturated carbocycles. The highest BCUT2D eigenvalue weighted by Crippen LogP contribution is 2.36. The molecule has 1 aliphatic rings. The second-order valence-corrected chi connectivity index (χ2v) is 9.62. The molecule has 0 aromatic heterocycles. The molecule has 152 valence electrons. The Morgan fingerprint density at radius 1 is 1.29 bits per heavy atom. The number of hydrogen-bond acceptors (Lipinski definition) is 2. The fraction of sp³-hybridized carbons (Fsp3) is 0.500. The van der Waals surface area contributed by atoms with Gasteiger partial charge in [0.2, 0.25) is 0 Å². The lowest BCUT2D eigenvalue weighted by molar-refractivity contribution is 0.101. The molecule has 2 nitrogen and oxygen atoms in total. The Labute approximate surface area is 172 Å². The lowest BCUT2D eigenvalue weighted by Gasteiger charge is -2.33. The van der Waals surface area contributed by atoms with Gasteiger partial charge in [0, 0.05) is 5.56 Å². The standard InChI is InChI=1S/C26H37NO/c1-8-27(25-12-10-9-11-24(25)20(4)28)23-15-13-21(14-16-23)22(17-19(2)3)18-26(5,6)7/h8-15,19,22-23H,1,16-18H2,2-7H3. The molecule has 2 atom stereocenters. The summed E-state index contributed by atoms with van der Waals surface area (Å²) in [5.74, 6) is 1.37. The van der Waals surface area contributed by atoms with Gasteiger partial charge in [0.05, 0.1) is 11.7 Å². The van der Waals surface area contributed by atoms with Gasteiger partial charge in [0.25, 0.3) is 0 Å². The summed E-state index contributed by atoms with van der Waals surface area (Å²) < 4.78 is 0. The first-order chi connectivity index (χ1) is 13.1. The molecule has 0 heterocycles. The average Bonchev–Trinajstić information content (AvgIpc) is 2.61. The molecular formula is C26H37NO. The van der Waals surface area contributed by atoms with Crippen LogP contribution in [0.4, 0.5) is 5.69 Å². The molecule has 28 heavy (non-hydrogen) atoms. The lowest BCUT2D eigenvalue weighted by Crippen LogP contribution is -2.31. The second-order valence-electron chi connectivity index (χ2n) is 9.62. The van der Waals surface area contributed by atoms with Gasteiger partial charge < -0.3 is 4.90 Å². The second kappa shape index (κ2) is 9.41. The number of Topliss-reactive ketones (excluding diaryl/α,β-unsaturated/α-hetero) is 1. The molecule has 2 rings (SSSR count). The number of nitrogens with zero attached hydrogens (tertiary/aromatic N) is 1. The van der Waals surface area contributed by atoms with Gasteiger partial charge in [-0.2, -0.15) is 0 Å². The van der Waals surface area contributed by atoms with Crippen LogP contribution in [0.25, 0.3) is 0 Å². The Morgan fingerprint density at radius 2 is 1.96 bits per heavy atom. The van der Waals surface area contributed by atoms with E-state index in [1.807, 2.05) is 30.5 Å². The zero-order valence-corrected chi connectivity index (χ0v) is 18.5. The maximum absolute atomic E-state index is 12.1. The van der Waals surface area contributed by atoms with Gasteiger partial charge in [-0.15, -0.1) is 0 Å². The van der Waals surface area contributed by atoms with E-state index in [4.69, 9.17) is 0 Å². The van der Waals surface area contributed by atoms with Gasteiger partial charge in [-0.3, -0.25) is 4.79 Å². The summed E-state index contributed by atoms with van der Waals surface area (Å²) in [6.07, 6.45) is 12.2. The van der Waals surface area contributed by atoms with Crippen molar-refractivity contribution in [2.45, 2.75) is 66.8 Å². The number of anilines is 1. The number of allylic oxidation sites excluding steroid dienone is 2. The summed E-state index contributed by atoms with van der Waals surface area (Å²) in [6.45, 7) is 17.2. The van der Waals surface area contributed by atoms with E-state index < -0.39 is 0 Å². The first kappa shape index (κ1) is 22.2. The molecule has 0 amide bonds. The third-order valence-corrected chi connectivity index (χ3v) is 5.31. The van der Waals surface area contributed by atoms with Crippen molar-refractivity contribution in [3.63, 3.8) is 0 Å². The van der Waals surface area contributed by atoms with Crippen LogP contribution in [0.15, 0.2) is 60.8 Å². The molecule has 0 spiro atoms. The average molecular weight is 380 g/mol. The van der Waals surface area contributed by atoms with Crippen molar-refractivity contribution < 1.29 is 4.79 Å². The summed E-state index contributed by atoms with van der Waals surface area (Å²) in [6, 6.07) is 7.99. The molecule has 1 aromatic carbocycles. The molecule has 0 N–H and O–H groups in total. The first-order valence-corrected chi connectivity index (χ1v) is 10.5. The Hall–Kier alpha value is -2.09. The monoisotopic (exact) mass is 379 g/mol. The van der Waals surface area contributed by atoms with Gasteiger partial charge in [-0.1, -0.05) is 71.6 Å². The van der Waals surface area contributed by atoms with Crippen LogP contribution < -0.4 is 4.90 Å². The van der Waals surface area contributed by atoms with E-state index in [0.717, 1.165) is 17.7 Å². The van der Waals surface area contributed by atoms with Crippen molar-refractivity contribution in [1.82, 2.24) is 0 Å². The highest BCUT2D eigenvalue weighted by atomic mass is 16.1. The lowest BCUT2D eigenvalue weighted by atomic mass is 9.76. The molecule has 0 radical (unpaired) electrons. The summed E-state index contributed by atoms with van der Waals surface area (Å²) >= 11 is 0. The highest BCUT2D eigenvalue weighted by molar-refractivity contribution is 6.00. The third-order valence-electron chi connectivity index (χ3n) is 5.31. The molecule has 0 aliphatic heterocycles. The van der Waals surface area contributed by atoms with Crippen molar-refractivity contribution in [2.24, 2.45) is 17.3 Å². The molecule has 1 aromatic rings. The van der Waals surface area contributed by atoms with Crippen LogP contribution in [0.5, 0.6) is 0 Å². The van der Waals surface area contributed by atoms with E-state index in [2.05, 4.69) is 64.3 Å². The van der Waals surface area contributed by atoms with Crippen LogP contribution >= 0.6 is 0 Å². The minimum absolute atomic E-state index is 0.0839. The molecule has 0 bridgehead atoms. The molecule has 2 unspecified atom stereocenters. The Morgan fingerprint density at radius 3 is 2.46 bits per heavy atom. The Bertz CT molecular complexity index is 748. The van der Waals surface area contributed by atoms with Gasteiger partial charge in [-0.05, 0) is 67.3 Å². The predicted molar refractivity (Wildman–Crippen MR) is 122 cm³/mol. The number of carbonyl (C=O) groups excluding carboxylic acids is 1. The van der Waals surface area contributed by atoms with E-state index in [-0.39, 0.29) is 11.8 Å². The number of ketones is 1. The van der Waals surface area contributed by atoms with Crippen LogP contribution in [0.3, 0.4) is 0 Å². The first-order valence-electron chi connectivity index (χ1n) is 10.5. The topological polar surface area (TPSA) is 20.3 Å². The van der Waals surface area contributed by atoms with Crippen LogP contribution in [0, 0.1) is 17.3 Å². The summed E-state index contributed by atoms with van der Waals surface area (Å²) in [5.41, 5.74) is 3.46. The summed E-state index contributed by atoms with van der Waals surface area (Å²) in [7, 11) is 0. The number of rotatable bonds is 8. The SMILES string of the molecule is C=CN(c1ccccc1C(C)=O)C1C=CC(C(CC(C)C)CC(C)(C)C)=CC1. The molecule has 1 aliphatic carbocycles. The Balaban J connectivity index is 2.22. The fourth-order valence-corrected chi connectivity index (χ4v) is 4.19. The van der Waals surface area contributed by atoms with Crippen molar-refractivity contribution in [3.05, 3.63) is 66.4 Å². The van der Waals surface area contributed by atoms with Crippen molar-refractivity contribution in [2.75, 3.05) is 4.90 Å². The van der Waals surface area contributed by atoms with E-state index in [0.29, 0.717) is 17.3 Å². The predicted octanol–water partition coefficient (Wildman–Crippen LogP) is 7.19. The van der Waals surface area contributed by atoms with Crippen LogP contribution in [0.2, 0.25) is 0 Å². The van der Waals surface area contributed by atoms with Crippen LogP contribution in [0.1, 0.15) is 71.2 Å². The zero-order valence-electron chi connectivity index (χ0n) is 18.5. The van der Waals surface area contributed by atoms with Gasteiger partial charge in [-0.25, -0.2) is 0 Å². The normalized spacial score (nSPS) is 18.0. The smallest absolute Gasteiger partial charge is 0.161 e. The van der Waals surface area contributed by atoms with Gasteiger partial charge >= 0.3 is 0 Å². The van der Waals surface area contributed by atoms with E-state index in [1.54, 1.807) is 6.92 Å².